The van der Waals surface area contributed by atoms with E-state index in [0.29, 0.717) is 0 Å². The molecule has 0 aromatic carbocycles. The molecule has 1 aromatic heterocycles. The molecule has 1 nitrogen and oxygen atoms in total. The highest BCUT2D eigenvalue weighted by Gasteiger charge is 1.91. The van der Waals surface area contributed by atoms with Gasteiger partial charge < -0.3 is 0 Å². The van der Waals surface area contributed by atoms with Crippen molar-refractivity contribution in [2.75, 3.05) is 0 Å². The lowest BCUT2D eigenvalue weighted by Gasteiger charge is -1.96. The van der Waals surface area contributed by atoms with Crippen molar-refractivity contribution in [1.29, 1.82) is 0 Å². The molecule has 0 aliphatic carbocycles. The van der Waals surface area contributed by atoms with E-state index in [4.69, 9.17) is 0 Å². The van der Waals surface area contributed by atoms with Gasteiger partial charge in [0.05, 0.1) is 0 Å². The van der Waals surface area contributed by atoms with Crippen LogP contribution >= 0.6 is 12.6 Å². The van der Waals surface area contributed by atoms with Gasteiger partial charge in [-0.1, -0.05) is 0 Å². The topological polar surface area (TPSA) is 12.9 Å². The first kappa shape index (κ1) is 6.62. The molecule has 48 valence electrons. The van der Waals surface area contributed by atoms with E-state index < -0.39 is 0 Å². The molecule has 0 spiro atoms. The molecule has 0 bridgehead atoms. The van der Waals surface area contributed by atoms with E-state index in [9.17, 15) is 0 Å². The first-order valence-corrected chi connectivity index (χ1v) is 3.27. The summed E-state index contributed by atoms with van der Waals surface area (Å²) in [5.74, 6) is 0. The Morgan fingerprint density at radius 2 is 2.11 bits per heavy atom. The molecule has 1 rings (SSSR count). The Bertz CT molecular complexity index is 220. The highest BCUT2D eigenvalue weighted by Crippen LogP contribution is 2.10. The summed E-state index contributed by atoms with van der Waals surface area (Å²) in [6.45, 7) is 4.00. The first-order chi connectivity index (χ1) is 4.20. The number of aryl methyl sites for hydroxylation is 2. The molecule has 2 heteroatoms. The minimum atomic E-state index is 0.959. The van der Waals surface area contributed by atoms with Gasteiger partial charge in [-0.15, -0.1) is 12.6 Å². The van der Waals surface area contributed by atoms with Crippen molar-refractivity contribution in [3.8, 4) is 0 Å². The van der Waals surface area contributed by atoms with E-state index >= 15 is 0 Å². The Morgan fingerprint density at radius 1 is 1.44 bits per heavy atom. The molecule has 9 heavy (non-hydrogen) atoms. The van der Waals surface area contributed by atoms with Crippen LogP contribution in [-0.4, -0.2) is 4.98 Å². The molecule has 1 aromatic rings. The average Bonchev–Trinajstić information content (AvgIpc) is 1.80. The number of rotatable bonds is 0. The zero-order chi connectivity index (χ0) is 6.85. The molecule has 0 fully saturated rings. The summed E-state index contributed by atoms with van der Waals surface area (Å²) >= 11 is 4.18. The molecule has 0 N–H and O–H groups in total. The predicted molar refractivity (Wildman–Crippen MR) is 41.0 cm³/mol. The Hall–Kier alpha value is -0.500. The van der Waals surface area contributed by atoms with E-state index in [-0.39, 0.29) is 0 Å². The van der Waals surface area contributed by atoms with Gasteiger partial charge in [-0.25, -0.2) is 0 Å². The Kier molecular flexibility index (Phi) is 1.76. The monoisotopic (exact) mass is 139 g/mol. The van der Waals surface area contributed by atoms with Crippen molar-refractivity contribution < 1.29 is 0 Å². The fourth-order valence-corrected chi connectivity index (χ4v) is 0.812. The highest BCUT2D eigenvalue weighted by molar-refractivity contribution is 7.80. The second-order valence-corrected chi connectivity index (χ2v) is 2.59. The lowest BCUT2D eigenvalue weighted by atomic mass is 10.2. The first-order valence-electron chi connectivity index (χ1n) is 2.82. The van der Waals surface area contributed by atoms with E-state index in [1.54, 1.807) is 6.20 Å². The predicted octanol–water partition coefficient (Wildman–Crippen LogP) is 1.99. The molecule has 1 heterocycles. The molecule has 0 saturated carbocycles. The summed E-state index contributed by atoms with van der Waals surface area (Å²) in [5, 5.41) is 0. The smallest absolute Gasteiger partial charge is 0.0407 e. The number of hydrogen-bond acceptors (Lipinski definition) is 2. The van der Waals surface area contributed by atoms with Crippen LogP contribution in [0.4, 0.5) is 0 Å². The van der Waals surface area contributed by atoms with Crippen LogP contribution in [0.15, 0.2) is 17.2 Å². The lowest BCUT2D eigenvalue weighted by Crippen LogP contribution is -1.82. The summed E-state index contributed by atoms with van der Waals surface area (Å²) in [5.41, 5.74) is 2.23. The van der Waals surface area contributed by atoms with E-state index in [1.807, 2.05) is 19.9 Å². The largest absolute Gasteiger partial charge is 0.260 e. The maximum atomic E-state index is 4.18. The van der Waals surface area contributed by atoms with Crippen molar-refractivity contribution in [3.63, 3.8) is 0 Å². The number of hydrogen-bond donors (Lipinski definition) is 1. The minimum absolute atomic E-state index is 0.959. The molecule has 0 saturated heterocycles. The third-order valence-corrected chi connectivity index (χ3v) is 1.69. The third kappa shape index (κ3) is 1.45. The van der Waals surface area contributed by atoms with Gasteiger partial charge in [0.25, 0.3) is 0 Å². The van der Waals surface area contributed by atoms with Crippen molar-refractivity contribution in [1.82, 2.24) is 4.98 Å². The quantitative estimate of drug-likeness (QED) is 0.542. The van der Waals surface area contributed by atoms with Crippen molar-refractivity contribution >= 4 is 12.6 Å². The molecule has 0 atom stereocenters. The highest BCUT2D eigenvalue weighted by atomic mass is 32.1. The molecule has 0 unspecified atom stereocenters. The second kappa shape index (κ2) is 2.40. The number of aromatic nitrogens is 1. The van der Waals surface area contributed by atoms with E-state index in [0.717, 1.165) is 10.6 Å². The number of nitrogens with zero attached hydrogens (tertiary/aromatic N) is 1. The minimum Gasteiger partial charge on any atom is -0.260 e. The SMILES string of the molecule is Cc1cc(C)c(S)cn1. The molecule has 0 radical (unpaired) electrons. The molecule has 0 aliphatic rings. The van der Waals surface area contributed by atoms with Crippen molar-refractivity contribution in [3.05, 3.63) is 23.5 Å². The van der Waals surface area contributed by atoms with Crippen molar-refractivity contribution in [2.45, 2.75) is 18.7 Å². The van der Waals surface area contributed by atoms with Crippen molar-refractivity contribution in [2.24, 2.45) is 0 Å². The second-order valence-electron chi connectivity index (χ2n) is 2.11. The van der Waals surface area contributed by atoms with Crippen LogP contribution in [0.2, 0.25) is 0 Å². The van der Waals surface area contributed by atoms with Gasteiger partial charge in [-0.2, -0.15) is 0 Å². The Morgan fingerprint density at radius 3 is 2.56 bits per heavy atom. The van der Waals surface area contributed by atoms with Gasteiger partial charge in [0.15, 0.2) is 0 Å². The van der Waals surface area contributed by atoms with Gasteiger partial charge in [-0.3, -0.25) is 4.98 Å². The van der Waals surface area contributed by atoms with Gasteiger partial charge in [0, 0.05) is 16.8 Å². The van der Waals surface area contributed by atoms with Gasteiger partial charge in [0.1, 0.15) is 0 Å². The summed E-state index contributed by atoms with van der Waals surface area (Å²) < 4.78 is 0. The standard InChI is InChI=1S/C7H9NS/c1-5-3-6(2)8-4-7(5)9/h3-4,9H,1-2H3. The summed E-state index contributed by atoms with van der Waals surface area (Å²) in [7, 11) is 0. The van der Waals surface area contributed by atoms with Crippen LogP contribution < -0.4 is 0 Å². The van der Waals surface area contributed by atoms with Gasteiger partial charge in [0.2, 0.25) is 0 Å². The lowest BCUT2D eigenvalue weighted by molar-refractivity contribution is 1.11. The van der Waals surface area contributed by atoms with Crippen LogP contribution in [0.1, 0.15) is 11.3 Å². The third-order valence-electron chi connectivity index (χ3n) is 1.22. The zero-order valence-corrected chi connectivity index (χ0v) is 6.44. The van der Waals surface area contributed by atoms with Crippen LogP contribution in [0.5, 0.6) is 0 Å². The van der Waals surface area contributed by atoms with Crippen LogP contribution in [-0.2, 0) is 0 Å². The normalized spacial score (nSPS) is 9.67. The number of thiol groups is 1. The molecule has 0 amide bonds. The molecular weight excluding hydrogens is 130 g/mol. The fourth-order valence-electron chi connectivity index (χ4n) is 0.689. The zero-order valence-electron chi connectivity index (χ0n) is 5.55. The van der Waals surface area contributed by atoms with E-state index in [1.165, 1.54) is 5.56 Å². The van der Waals surface area contributed by atoms with Crippen LogP contribution in [0, 0.1) is 13.8 Å². The molecule has 0 aliphatic heterocycles. The van der Waals surface area contributed by atoms with E-state index in [2.05, 4.69) is 17.6 Å². The number of pyridine rings is 1. The Balaban J connectivity index is 3.17. The maximum Gasteiger partial charge on any atom is 0.0407 e. The Labute approximate surface area is 60.5 Å². The molecular formula is C7H9NS. The summed E-state index contributed by atoms with van der Waals surface area (Å²) in [4.78, 5) is 5.02. The van der Waals surface area contributed by atoms with Crippen LogP contribution in [0.25, 0.3) is 0 Å². The maximum absolute atomic E-state index is 4.18. The van der Waals surface area contributed by atoms with Gasteiger partial charge in [-0.05, 0) is 25.5 Å². The average molecular weight is 139 g/mol. The summed E-state index contributed by atoms with van der Waals surface area (Å²) in [6.07, 6.45) is 1.77. The fraction of sp³-hybridized carbons (Fsp3) is 0.286. The van der Waals surface area contributed by atoms with Gasteiger partial charge >= 0.3 is 0 Å². The van der Waals surface area contributed by atoms with Crippen LogP contribution in [0.3, 0.4) is 0 Å². The summed E-state index contributed by atoms with van der Waals surface area (Å²) in [6, 6.07) is 2.02.